The third-order valence-electron chi connectivity index (χ3n) is 5.11. The number of aryl methyl sites for hydroxylation is 1. The molecule has 10 heteroatoms. The van der Waals surface area contributed by atoms with E-state index in [0.29, 0.717) is 43.0 Å². The smallest absolute Gasteiger partial charge is 0.274 e. The van der Waals surface area contributed by atoms with Crippen LogP contribution in [-0.4, -0.2) is 66.4 Å². The SMILES string of the molecule is O=C(c1cc2n(n1)CCCO2)N1CCC(Oc2ccc(-n3cccn3)nn2)CC1. The molecule has 3 aromatic heterocycles. The Morgan fingerprint density at radius 3 is 2.79 bits per heavy atom. The van der Waals surface area contributed by atoms with E-state index >= 15 is 0 Å². The maximum Gasteiger partial charge on any atom is 0.274 e. The van der Waals surface area contributed by atoms with Crippen molar-refractivity contribution in [3.8, 4) is 17.6 Å². The second kappa shape index (κ2) is 7.53. The highest BCUT2D eigenvalue weighted by molar-refractivity contribution is 5.92. The number of nitrogens with zero attached hydrogens (tertiary/aromatic N) is 7. The average Bonchev–Trinajstić information content (AvgIpc) is 3.44. The Morgan fingerprint density at radius 2 is 2.07 bits per heavy atom. The molecule has 10 nitrogen and oxygen atoms in total. The van der Waals surface area contributed by atoms with Crippen LogP contribution in [0.1, 0.15) is 29.8 Å². The number of hydrogen-bond donors (Lipinski definition) is 0. The summed E-state index contributed by atoms with van der Waals surface area (Å²) < 4.78 is 14.9. The number of hydrogen-bond acceptors (Lipinski definition) is 7. The molecular formula is C19H21N7O3. The van der Waals surface area contributed by atoms with E-state index in [4.69, 9.17) is 9.47 Å². The van der Waals surface area contributed by atoms with E-state index in [2.05, 4.69) is 20.4 Å². The van der Waals surface area contributed by atoms with E-state index in [1.54, 1.807) is 33.9 Å². The lowest BCUT2D eigenvalue weighted by Gasteiger charge is -2.31. The number of carbonyl (C=O) groups excluding carboxylic acids is 1. The van der Waals surface area contributed by atoms with Crippen LogP contribution in [0.25, 0.3) is 5.82 Å². The molecule has 150 valence electrons. The number of rotatable bonds is 4. The molecule has 0 aromatic carbocycles. The molecule has 1 fully saturated rings. The van der Waals surface area contributed by atoms with Gasteiger partial charge in [-0.3, -0.25) is 4.79 Å². The first-order valence-corrected chi connectivity index (χ1v) is 9.76. The van der Waals surface area contributed by atoms with Crippen LogP contribution in [0.2, 0.25) is 0 Å². The van der Waals surface area contributed by atoms with Crippen molar-refractivity contribution in [3.05, 3.63) is 42.4 Å². The topological polar surface area (TPSA) is 100 Å². The van der Waals surface area contributed by atoms with Crippen molar-refractivity contribution in [1.82, 2.24) is 34.7 Å². The minimum atomic E-state index is -0.0580. The Kier molecular flexibility index (Phi) is 4.59. The molecule has 5 rings (SSSR count). The van der Waals surface area contributed by atoms with Gasteiger partial charge in [-0.15, -0.1) is 10.2 Å². The predicted molar refractivity (Wildman–Crippen MR) is 101 cm³/mol. The van der Waals surface area contributed by atoms with Gasteiger partial charge in [0.25, 0.3) is 5.91 Å². The summed E-state index contributed by atoms with van der Waals surface area (Å²) in [6.45, 7) is 2.70. The van der Waals surface area contributed by atoms with Crippen molar-refractivity contribution in [1.29, 1.82) is 0 Å². The number of likely N-dealkylation sites (tertiary alicyclic amines) is 1. The molecule has 0 radical (unpaired) electrons. The first-order valence-electron chi connectivity index (χ1n) is 9.76. The molecule has 2 aliphatic rings. The molecule has 0 unspecified atom stereocenters. The summed E-state index contributed by atoms with van der Waals surface area (Å²) in [5.74, 6) is 1.73. The quantitative estimate of drug-likeness (QED) is 0.657. The van der Waals surface area contributed by atoms with E-state index in [9.17, 15) is 4.79 Å². The normalized spacial score (nSPS) is 16.9. The summed E-state index contributed by atoms with van der Waals surface area (Å²) in [6, 6.07) is 7.17. The van der Waals surface area contributed by atoms with Gasteiger partial charge in [-0.05, 0) is 12.1 Å². The Hall–Kier alpha value is -3.43. The summed E-state index contributed by atoms with van der Waals surface area (Å²) in [4.78, 5) is 14.6. The monoisotopic (exact) mass is 395 g/mol. The zero-order chi connectivity index (χ0) is 19.6. The minimum absolute atomic E-state index is 0.00226. The zero-order valence-corrected chi connectivity index (χ0v) is 15.8. The molecular weight excluding hydrogens is 374 g/mol. The van der Waals surface area contributed by atoms with Gasteiger partial charge in [0.1, 0.15) is 6.10 Å². The second-order valence-corrected chi connectivity index (χ2v) is 7.08. The Bertz CT molecular complexity index is 952. The van der Waals surface area contributed by atoms with Gasteiger partial charge in [-0.2, -0.15) is 10.2 Å². The van der Waals surface area contributed by atoms with Crippen LogP contribution in [0, 0.1) is 0 Å². The number of amides is 1. The molecule has 2 aliphatic heterocycles. The molecule has 0 saturated carbocycles. The highest BCUT2D eigenvalue weighted by Gasteiger charge is 2.27. The maximum atomic E-state index is 12.8. The van der Waals surface area contributed by atoms with Gasteiger partial charge in [0.05, 0.1) is 6.61 Å². The van der Waals surface area contributed by atoms with Crippen LogP contribution in [0.5, 0.6) is 11.8 Å². The molecule has 0 bridgehead atoms. The van der Waals surface area contributed by atoms with Crippen LogP contribution < -0.4 is 9.47 Å². The van der Waals surface area contributed by atoms with Crippen LogP contribution in [0.15, 0.2) is 36.7 Å². The first kappa shape index (κ1) is 17.7. The largest absolute Gasteiger partial charge is 0.478 e. The van der Waals surface area contributed by atoms with Crippen LogP contribution in [0.4, 0.5) is 0 Å². The Balaban J connectivity index is 1.16. The fraction of sp³-hybridized carbons (Fsp3) is 0.421. The average molecular weight is 395 g/mol. The van der Waals surface area contributed by atoms with Crippen molar-refractivity contribution >= 4 is 5.91 Å². The molecule has 3 aromatic rings. The first-order chi connectivity index (χ1) is 14.3. The van der Waals surface area contributed by atoms with E-state index in [-0.39, 0.29) is 12.0 Å². The van der Waals surface area contributed by atoms with Crippen molar-refractivity contribution in [2.24, 2.45) is 0 Å². The standard InChI is InChI=1S/C19H21N7O3/c27-19(15-13-18-26(23-15)9-2-12-28-18)24-10-5-14(6-11-24)29-17-4-3-16(21-22-17)25-8-1-7-20-25/h1,3-4,7-8,13-14H,2,5-6,9-12H2. The van der Waals surface area contributed by atoms with E-state index in [1.165, 1.54) is 0 Å². The lowest BCUT2D eigenvalue weighted by atomic mass is 10.1. The molecule has 0 atom stereocenters. The summed E-state index contributed by atoms with van der Waals surface area (Å²) in [6.07, 6.45) is 5.88. The summed E-state index contributed by atoms with van der Waals surface area (Å²) >= 11 is 0. The summed E-state index contributed by atoms with van der Waals surface area (Å²) in [5.41, 5.74) is 0.446. The molecule has 29 heavy (non-hydrogen) atoms. The zero-order valence-electron chi connectivity index (χ0n) is 15.8. The third-order valence-corrected chi connectivity index (χ3v) is 5.11. The minimum Gasteiger partial charge on any atom is -0.478 e. The van der Waals surface area contributed by atoms with Gasteiger partial charge >= 0.3 is 0 Å². The predicted octanol–water partition coefficient (Wildman–Crippen LogP) is 1.32. The summed E-state index contributed by atoms with van der Waals surface area (Å²) in [5, 5.41) is 16.8. The maximum absolute atomic E-state index is 12.8. The van der Waals surface area contributed by atoms with Gasteiger partial charge in [0.15, 0.2) is 11.5 Å². The fourth-order valence-electron chi connectivity index (χ4n) is 3.58. The number of carbonyl (C=O) groups is 1. The van der Waals surface area contributed by atoms with Gasteiger partial charge in [0.2, 0.25) is 11.8 Å². The van der Waals surface area contributed by atoms with Crippen molar-refractivity contribution in [2.45, 2.75) is 31.9 Å². The molecule has 0 spiro atoms. The van der Waals surface area contributed by atoms with Crippen molar-refractivity contribution < 1.29 is 14.3 Å². The van der Waals surface area contributed by atoms with E-state index in [1.807, 2.05) is 17.0 Å². The number of aromatic nitrogens is 6. The van der Waals surface area contributed by atoms with Crippen molar-refractivity contribution in [2.75, 3.05) is 19.7 Å². The molecule has 1 amide bonds. The summed E-state index contributed by atoms with van der Waals surface area (Å²) in [7, 11) is 0. The molecule has 0 N–H and O–H groups in total. The van der Waals surface area contributed by atoms with Crippen LogP contribution >= 0.6 is 0 Å². The Labute approximate surface area is 167 Å². The van der Waals surface area contributed by atoms with Gasteiger partial charge in [0, 0.05) is 63.4 Å². The van der Waals surface area contributed by atoms with Crippen LogP contribution in [0.3, 0.4) is 0 Å². The van der Waals surface area contributed by atoms with E-state index < -0.39 is 0 Å². The van der Waals surface area contributed by atoms with Gasteiger partial charge in [-0.25, -0.2) is 9.36 Å². The lowest BCUT2D eigenvalue weighted by molar-refractivity contribution is 0.0580. The number of piperidine rings is 1. The highest BCUT2D eigenvalue weighted by atomic mass is 16.5. The Morgan fingerprint density at radius 1 is 1.17 bits per heavy atom. The van der Waals surface area contributed by atoms with E-state index in [0.717, 1.165) is 25.8 Å². The van der Waals surface area contributed by atoms with Gasteiger partial charge in [-0.1, -0.05) is 0 Å². The van der Waals surface area contributed by atoms with Gasteiger partial charge < -0.3 is 14.4 Å². The van der Waals surface area contributed by atoms with Crippen molar-refractivity contribution in [3.63, 3.8) is 0 Å². The fourth-order valence-corrected chi connectivity index (χ4v) is 3.58. The lowest BCUT2D eigenvalue weighted by Crippen LogP contribution is -2.42. The van der Waals surface area contributed by atoms with Crippen LogP contribution in [-0.2, 0) is 6.54 Å². The molecule has 0 aliphatic carbocycles. The molecule has 1 saturated heterocycles. The number of ether oxygens (including phenoxy) is 2. The third kappa shape index (κ3) is 3.65. The number of fused-ring (bicyclic) bond motifs is 1. The molecule has 5 heterocycles. The second-order valence-electron chi connectivity index (χ2n) is 7.08. The highest BCUT2D eigenvalue weighted by Crippen LogP contribution is 2.22.